The molecule has 1 heterocycles. The van der Waals surface area contributed by atoms with Crippen molar-refractivity contribution in [1.82, 2.24) is 15.5 Å². The van der Waals surface area contributed by atoms with Crippen LogP contribution in [0.25, 0.3) is 0 Å². The van der Waals surface area contributed by atoms with Gasteiger partial charge in [0.2, 0.25) is 5.91 Å². The summed E-state index contributed by atoms with van der Waals surface area (Å²) in [6.07, 6.45) is 6.22. The molecule has 1 aliphatic heterocycles. The van der Waals surface area contributed by atoms with E-state index in [1.807, 2.05) is 0 Å². The predicted molar refractivity (Wildman–Crippen MR) is 82.7 cm³/mol. The van der Waals surface area contributed by atoms with E-state index in [0.717, 1.165) is 38.5 Å². The van der Waals surface area contributed by atoms with Crippen LogP contribution >= 0.6 is 0 Å². The van der Waals surface area contributed by atoms with Gasteiger partial charge in [-0.05, 0) is 57.0 Å². The van der Waals surface area contributed by atoms with Crippen LogP contribution in [0, 0.1) is 11.8 Å². The summed E-state index contributed by atoms with van der Waals surface area (Å²) in [4.78, 5) is 14.5. The minimum atomic E-state index is 0.210. The lowest BCUT2D eigenvalue weighted by Gasteiger charge is -2.29. The number of nitrogens with zero attached hydrogens (tertiary/aromatic N) is 1. The van der Waals surface area contributed by atoms with Crippen molar-refractivity contribution in [2.45, 2.75) is 52.0 Å². The lowest BCUT2D eigenvalue weighted by molar-refractivity contribution is -0.122. The summed E-state index contributed by atoms with van der Waals surface area (Å²) < 4.78 is 0. The molecular formula is C16H31N3O. The molecule has 2 rings (SSSR count). The highest BCUT2D eigenvalue weighted by Crippen LogP contribution is 2.28. The van der Waals surface area contributed by atoms with Gasteiger partial charge < -0.3 is 10.6 Å². The molecule has 20 heavy (non-hydrogen) atoms. The van der Waals surface area contributed by atoms with E-state index >= 15 is 0 Å². The smallest absolute Gasteiger partial charge is 0.234 e. The molecule has 0 aromatic carbocycles. The quantitative estimate of drug-likeness (QED) is 0.710. The molecule has 0 aromatic heterocycles. The molecule has 1 atom stereocenters. The summed E-state index contributed by atoms with van der Waals surface area (Å²) in [7, 11) is 0. The first-order chi connectivity index (χ1) is 9.65. The van der Waals surface area contributed by atoms with Gasteiger partial charge in [-0.15, -0.1) is 0 Å². The van der Waals surface area contributed by atoms with Crippen LogP contribution in [-0.2, 0) is 4.79 Å². The lowest BCUT2D eigenvalue weighted by Crippen LogP contribution is -2.44. The lowest BCUT2D eigenvalue weighted by atomic mass is 9.99. The zero-order valence-corrected chi connectivity index (χ0v) is 13.2. The number of hydrogen-bond acceptors (Lipinski definition) is 3. The summed E-state index contributed by atoms with van der Waals surface area (Å²) >= 11 is 0. The molecule has 0 spiro atoms. The molecule has 116 valence electrons. The second kappa shape index (κ2) is 7.99. The standard InChI is InChI=1S/C16H31N3O/c1-13(2)7-9-18-16(20)12-19(15-5-6-15)11-14-4-3-8-17-10-14/h13-15,17H,3-12H2,1-2H3,(H,18,20). The Hall–Kier alpha value is -0.610. The maximum atomic E-state index is 12.0. The van der Waals surface area contributed by atoms with Gasteiger partial charge in [0.1, 0.15) is 0 Å². The van der Waals surface area contributed by atoms with Crippen LogP contribution in [-0.4, -0.2) is 49.6 Å². The largest absolute Gasteiger partial charge is 0.355 e. The summed E-state index contributed by atoms with van der Waals surface area (Å²) in [5, 5.41) is 6.54. The Bertz CT molecular complexity index is 296. The molecule has 4 heteroatoms. The van der Waals surface area contributed by atoms with Gasteiger partial charge in [0, 0.05) is 19.1 Å². The first kappa shape index (κ1) is 15.8. The Kier molecular flexibility index (Phi) is 6.30. The van der Waals surface area contributed by atoms with E-state index in [4.69, 9.17) is 0 Å². The van der Waals surface area contributed by atoms with Crippen molar-refractivity contribution in [3.63, 3.8) is 0 Å². The predicted octanol–water partition coefficient (Wildman–Crippen LogP) is 1.61. The average Bonchev–Trinajstić information content (AvgIpc) is 3.23. The van der Waals surface area contributed by atoms with Gasteiger partial charge in [0.25, 0.3) is 0 Å². The van der Waals surface area contributed by atoms with Crippen LogP contribution in [0.1, 0.15) is 46.0 Å². The molecule has 1 unspecified atom stereocenters. The maximum absolute atomic E-state index is 12.0. The maximum Gasteiger partial charge on any atom is 0.234 e. The van der Waals surface area contributed by atoms with Gasteiger partial charge in [-0.25, -0.2) is 0 Å². The van der Waals surface area contributed by atoms with Crippen molar-refractivity contribution >= 4 is 5.91 Å². The van der Waals surface area contributed by atoms with Crippen molar-refractivity contribution in [3.8, 4) is 0 Å². The van der Waals surface area contributed by atoms with Crippen molar-refractivity contribution in [1.29, 1.82) is 0 Å². The number of carbonyl (C=O) groups excluding carboxylic acids is 1. The van der Waals surface area contributed by atoms with Gasteiger partial charge in [-0.1, -0.05) is 13.8 Å². The van der Waals surface area contributed by atoms with Crippen LogP contribution in [0.4, 0.5) is 0 Å². The van der Waals surface area contributed by atoms with Gasteiger partial charge >= 0.3 is 0 Å². The molecule has 2 aliphatic rings. The van der Waals surface area contributed by atoms with Crippen molar-refractivity contribution < 1.29 is 4.79 Å². The Balaban J connectivity index is 1.69. The molecule has 1 saturated carbocycles. The van der Waals surface area contributed by atoms with E-state index < -0.39 is 0 Å². The normalized spacial score (nSPS) is 23.3. The van der Waals surface area contributed by atoms with Crippen LogP contribution in [0.3, 0.4) is 0 Å². The fourth-order valence-corrected chi connectivity index (χ4v) is 2.93. The van der Waals surface area contributed by atoms with Gasteiger partial charge in [0.05, 0.1) is 6.54 Å². The van der Waals surface area contributed by atoms with E-state index in [-0.39, 0.29) is 5.91 Å². The molecule has 1 aliphatic carbocycles. The second-order valence-corrected chi connectivity index (χ2v) is 6.91. The zero-order valence-electron chi connectivity index (χ0n) is 13.2. The van der Waals surface area contributed by atoms with Crippen LogP contribution < -0.4 is 10.6 Å². The van der Waals surface area contributed by atoms with Crippen molar-refractivity contribution in [2.75, 3.05) is 32.7 Å². The number of amides is 1. The summed E-state index contributed by atoms with van der Waals surface area (Å²) in [6.45, 7) is 9.18. The minimum absolute atomic E-state index is 0.210. The van der Waals surface area contributed by atoms with Crippen molar-refractivity contribution in [3.05, 3.63) is 0 Å². The topological polar surface area (TPSA) is 44.4 Å². The second-order valence-electron chi connectivity index (χ2n) is 6.91. The average molecular weight is 281 g/mol. The third kappa shape index (κ3) is 5.80. The third-order valence-electron chi connectivity index (χ3n) is 4.35. The number of piperidine rings is 1. The fraction of sp³-hybridized carbons (Fsp3) is 0.938. The number of hydrogen-bond donors (Lipinski definition) is 2. The Labute approximate surface area is 123 Å². The number of nitrogens with one attached hydrogen (secondary N) is 2. The first-order valence-electron chi connectivity index (χ1n) is 8.36. The number of rotatable bonds is 8. The molecule has 0 radical (unpaired) electrons. The molecule has 4 nitrogen and oxygen atoms in total. The van der Waals surface area contributed by atoms with E-state index in [1.54, 1.807) is 0 Å². The van der Waals surface area contributed by atoms with E-state index in [9.17, 15) is 4.79 Å². The molecule has 2 fully saturated rings. The van der Waals surface area contributed by atoms with Gasteiger partial charge in [-0.3, -0.25) is 9.69 Å². The zero-order chi connectivity index (χ0) is 14.4. The highest BCUT2D eigenvalue weighted by molar-refractivity contribution is 5.78. The van der Waals surface area contributed by atoms with Crippen molar-refractivity contribution in [2.24, 2.45) is 11.8 Å². The van der Waals surface area contributed by atoms with Gasteiger partial charge in [0.15, 0.2) is 0 Å². The highest BCUT2D eigenvalue weighted by atomic mass is 16.2. The molecule has 1 amide bonds. The van der Waals surface area contributed by atoms with E-state index in [1.165, 1.54) is 25.7 Å². The molecule has 0 aromatic rings. The minimum Gasteiger partial charge on any atom is -0.355 e. The molecular weight excluding hydrogens is 250 g/mol. The Morgan fingerprint density at radius 3 is 2.75 bits per heavy atom. The fourth-order valence-electron chi connectivity index (χ4n) is 2.93. The number of carbonyl (C=O) groups is 1. The van der Waals surface area contributed by atoms with Crippen LogP contribution in [0.5, 0.6) is 0 Å². The highest BCUT2D eigenvalue weighted by Gasteiger charge is 2.32. The van der Waals surface area contributed by atoms with Gasteiger partial charge in [-0.2, -0.15) is 0 Å². The SMILES string of the molecule is CC(C)CCNC(=O)CN(CC1CCCNC1)C1CC1. The Morgan fingerprint density at radius 2 is 2.15 bits per heavy atom. The third-order valence-corrected chi connectivity index (χ3v) is 4.35. The monoisotopic (exact) mass is 281 g/mol. The summed E-state index contributed by atoms with van der Waals surface area (Å²) in [6, 6.07) is 0.674. The summed E-state index contributed by atoms with van der Waals surface area (Å²) in [5.74, 6) is 1.59. The molecule has 1 saturated heterocycles. The molecule has 2 N–H and O–H groups in total. The summed E-state index contributed by atoms with van der Waals surface area (Å²) in [5.41, 5.74) is 0. The Morgan fingerprint density at radius 1 is 1.35 bits per heavy atom. The van der Waals surface area contributed by atoms with Crippen LogP contribution in [0.2, 0.25) is 0 Å². The molecule has 0 bridgehead atoms. The van der Waals surface area contributed by atoms with Crippen LogP contribution in [0.15, 0.2) is 0 Å². The van der Waals surface area contributed by atoms with E-state index in [0.29, 0.717) is 18.5 Å². The van der Waals surface area contributed by atoms with E-state index in [2.05, 4.69) is 29.4 Å². The first-order valence-corrected chi connectivity index (χ1v) is 8.36.